The van der Waals surface area contributed by atoms with Crippen LogP contribution in [0.2, 0.25) is 0 Å². The highest BCUT2D eigenvalue weighted by Gasteiger charge is 2.14. The van der Waals surface area contributed by atoms with Crippen LogP contribution in [0.5, 0.6) is 5.75 Å². The minimum atomic E-state index is -1.13. The molecule has 0 aromatic heterocycles. The standard InChI is InChI=1S/C13H18N2O6/c16-7-5-15(6-8-17)13(20)14-10-3-1-2-4-11(10)21-9-12(18)19/h1-4,16-17H,5-9H2,(H,14,20)(H,18,19). The molecule has 1 aromatic carbocycles. The van der Waals surface area contributed by atoms with E-state index in [1.165, 1.54) is 11.0 Å². The molecular formula is C13H18N2O6. The zero-order valence-electron chi connectivity index (χ0n) is 11.4. The van der Waals surface area contributed by atoms with E-state index >= 15 is 0 Å². The number of rotatable bonds is 8. The lowest BCUT2D eigenvalue weighted by atomic mass is 10.3. The van der Waals surface area contributed by atoms with Crippen LogP contribution in [0, 0.1) is 0 Å². The van der Waals surface area contributed by atoms with Gasteiger partial charge in [0, 0.05) is 13.1 Å². The lowest BCUT2D eigenvalue weighted by molar-refractivity contribution is -0.139. The summed E-state index contributed by atoms with van der Waals surface area (Å²) in [5, 5.41) is 28.9. The number of carboxylic acid groups (broad SMARTS) is 1. The first-order valence-corrected chi connectivity index (χ1v) is 6.29. The first-order chi connectivity index (χ1) is 10.1. The Labute approximate surface area is 121 Å². The van der Waals surface area contributed by atoms with E-state index in [1.807, 2.05) is 0 Å². The molecule has 0 radical (unpaired) electrons. The molecule has 0 spiro atoms. The molecule has 0 aliphatic carbocycles. The molecule has 0 aliphatic rings. The molecule has 116 valence electrons. The second-order valence-corrected chi connectivity index (χ2v) is 4.04. The van der Waals surface area contributed by atoms with Crippen molar-refractivity contribution in [3.63, 3.8) is 0 Å². The molecular weight excluding hydrogens is 280 g/mol. The number of aliphatic hydroxyl groups excluding tert-OH is 2. The van der Waals surface area contributed by atoms with Crippen molar-refractivity contribution >= 4 is 17.7 Å². The number of aliphatic hydroxyl groups is 2. The molecule has 21 heavy (non-hydrogen) atoms. The molecule has 0 bridgehead atoms. The van der Waals surface area contributed by atoms with Crippen LogP contribution in [0.15, 0.2) is 24.3 Å². The Kier molecular flexibility index (Phi) is 6.99. The molecule has 0 heterocycles. The number of aliphatic carboxylic acids is 1. The number of urea groups is 1. The van der Waals surface area contributed by atoms with Gasteiger partial charge in [0.15, 0.2) is 6.61 Å². The number of amides is 2. The summed E-state index contributed by atoms with van der Waals surface area (Å²) in [6.07, 6.45) is 0. The largest absolute Gasteiger partial charge is 0.480 e. The van der Waals surface area contributed by atoms with Crippen molar-refractivity contribution < 1.29 is 29.6 Å². The highest BCUT2D eigenvalue weighted by molar-refractivity contribution is 5.91. The molecule has 0 saturated carbocycles. The van der Waals surface area contributed by atoms with Crippen LogP contribution in [0.4, 0.5) is 10.5 Å². The van der Waals surface area contributed by atoms with Crippen molar-refractivity contribution in [3.05, 3.63) is 24.3 Å². The molecule has 1 aromatic rings. The maximum Gasteiger partial charge on any atom is 0.341 e. The number of carbonyl (C=O) groups is 2. The number of nitrogens with zero attached hydrogens (tertiary/aromatic N) is 1. The average molecular weight is 298 g/mol. The number of carbonyl (C=O) groups excluding carboxylic acids is 1. The molecule has 4 N–H and O–H groups in total. The summed E-state index contributed by atoms with van der Waals surface area (Å²) in [5.74, 6) is -0.903. The van der Waals surface area contributed by atoms with Gasteiger partial charge >= 0.3 is 12.0 Å². The molecule has 2 amide bonds. The smallest absolute Gasteiger partial charge is 0.341 e. The number of carboxylic acids is 1. The molecule has 8 heteroatoms. The fraction of sp³-hybridized carbons (Fsp3) is 0.385. The third kappa shape index (κ3) is 5.67. The van der Waals surface area contributed by atoms with E-state index in [-0.39, 0.29) is 32.1 Å². The first-order valence-electron chi connectivity index (χ1n) is 6.29. The molecule has 0 aliphatic heterocycles. The molecule has 1 rings (SSSR count). The zero-order valence-corrected chi connectivity index (χ0v) is 11.4. The van der Waals surface area contributed by atoms with Crippen molar-refractivity contribution in [1.82, 2.24) is 4.90 Å². The van der Waals surface area contributed by atoms with Gasteiger partial charge in [-0.25, -0.2) is 9.59 Å². The Bertz CT molecular complexity index is 473. The van der Waals surface area contributed by atoms with E-state index in [2.05, 4.69) is 5.32 Å². The highest BCUT2D eigenvalue weighted by atomic mass is 16.5. The summed E-state index contributed by atoms with van der Waals surface area (Å²) in [4.78, 5) is 23.7. The molecule has 0 saturated heterocycles. The highest BCUT2D eigenvalue weighted by Crippen LogP contribution is 2.23. The van der Waals surface area contributed by atoms with Crippen LogP contribution in [0.1, 0.15) is 0 Å². The number of para-hydroxylation sites is 2. The van der Waals surface area contributed by atoms with E-state index in [0.29, 0.717) is 5.69 Å². The van der Waals surface area contributed by atoms with Crippen LogP contribution < -0.4 is 10.1 Å². The van der Waals surface area contributed by atoms with Gasteiger partial charge in [-0.2, -0.15) is 0 Å². The van der Waals surface area contributed by atoms with Crippen molar-refractivity contribution in [1.29, 1.82) is 0 Å². The van der Waals surface area contributed by atoms with Gasteiger partial charge in [-0.15, -0.1) is 0 Å². The maximum absolute atomic E-state index is 12.0. The van der Waals surface area contributed by atoms with Gasteiger partial charge in [0.25, 0.3) is 0 Å². The minimum absolute atomic E-state index is 0.0740. The van der Waals surface area contributed by atoms with Gasteiger partial charge in [0.05, 0.1) is 18.9 Å². The van der Waals surface area contributed by atoms with Crippen LogP contribution in [0.25, 0.3) is 0 Å². The third-order valence-corrected chi connectivity index (χ3v) is 2.51. The molecule has 0 unspecified atom stereocenters. The van der Waals surface area contributed by atoms with E-state index < -0.39 is 18.6 Å². The fourth-order valence-corrected chi connectivity index (χ4v) is 1.59. The number of anilines is 1. The SMILES string of the molecule is O=C(O)COc1ccccc1NC(=O)N(CCO)CCO. The van der Waals surface area contributed by atoms with Gasteiger partial charge in [0.1, 0.15) is 5.75 Å². The number of hydrogen-bond donors (Lipinski definition) is 4. The first kappa shape index (κ1) is 16.7. The van der Waals surface area contributed by atoms with Crippen LogP contribution >= 0.6 is 0 Å². The normalized spacial score (nSPS) is 10.0. The van der Waals surface area contributed by atoms with Crippen molar-refractivity contribution in [2.75, 3.05) is 38.2 Å². The van der Waals surface area contributed by atoms with Gasteiger partial charge in [-0.1, -0.05) is 12.1 Å². The summed E-state index contributed by atoms with van der Waals surface area (Å²) in [6, 6.07) is 5.87. The quantitative estimate of drug-likeness (QED) is 0.535. The Morgan fingerprint density at radius 3 is 2.33 bits per heavy atom. The molecule has 0 fully saturated rings. The summed E-state index contributed by atoms with van der Waals surface area (Å²) < 4.78 is 5.07. The van der Waals surface area contributed by atoms with E-state index in [1.54, 1.807) is 18.2 Å². The fourth-order valence-electron chi connectivity index (χ4n) is 1.59. The van der Waals surface area contributed by atoms with Crippen molar-refractivity contribution in [2.45, 2.75) is 0 Å². The van der Waals surface area contributed by atoms with Crippen molar-refractivity contribution in [3.8, 4) is 5.75 Å². The van der Waals surface area contributed by atoms with Gasteiger partial charge in [-0.3, -0.25) is 0 Å². The van der Waals surface area contributed by atoms with E-state index in [0.717, 1.165) is 0 Å². The monoisotopic (exact) mass is 298 g/mol. The average Bonchev–Trinajstić information content (AvgIpc) is 2.46. The van der Waals surface area contributed by atoms with Gasteiger partial charge < -0.3 is 30.3 Å². The van der Waals surface area contributed by atoms with Crippen LogP contribution in [-0.2, 0) is 4.79 Å². The van der Waals surface area contributed by atoms with Crippen molar-refractivity contribution in [2.24, 2.45) is 0 Å². The maximum atomic E-state index is 12.0. The topological polar surface area (TPSA) is 119 Å². The van der Waals surface area contributed by atoms with Gasteiger partial charge in [0.2, 0.25) is 0 Å². The number of hydrogen-bond acceptors (Lipinski definition) is 5. The Morgan fingerprint density at radius 1 is 1.14 bits per heavy atom. The van der Waals surface area contributed by atoms with Crippen LogP contribution in [0.3, 0.4) is 0 Å². The Morgan fingerprint density at radius 2 is 1.76 bits per heavy atom. The number of ether oxygens (including phenoxy) is 1. The van der Waals surface area contributed by atoms with E-state index in [9.17, 15) is 9.59 Å². The van der Waals surface area contributed by atoms with Gasteiger partial charge in [-0.05, 0) is 12.1 Å². The Hall–Kier alpha value is -2.32. The van der Waals surface area contributed by atoms with E-state index in [4.69, 9.17) is 20.1 Å². The number of nitrogens with one attached hydrogen (secondary N) is 1. The number of benzene rings is 1. The summed E-state index contributed by atoms with van der Waals surface area (Å²) in [5.41, 5.74) is 0.310. The molecule has 8 nitrogen and oxygen atoms in total. The predicted octanol–water partition coefficient (Wildman–Crippen LogP) is -0.0315. The zero-order chi connectivity index (χ0) is 15.7. The lowest BCUT2D eigenvalue weighted by Gasteiger charge is -2.21. The molecule has 0 atom stereocenters. The second-order valence-electron chi connectivity index (χ2n) is 4.04. The second kappa shape index (κ2) is 8.77. The Balaban J connectivity index is 2.76. The minimum Gasteiger partial charge on any atom is -0.480 e. The summed E-state index contributed by atoms with van der Waals surface area (Å²) in [6.45, 7) is -0.839. The predicted molar refractivity (Wildman–Crippen MR) is 74.3 cm³/mol. The summed E-state index contributed by atoms with van der Waals surface area (Å²) in [7, 11) is 0. The lowest BCUT2D eigenvalue weighted by Crippen LogP contribution is -2.39. The van der Waals surface area contributed by atoms with Crippen LogP contribution in [-0.4, -0.2) is 65.1 Å². The summed E-state index contributed by atoms with van der Waals surface area (Å²) >= 11 is 0. The third-order valence-electron chi connectivity index (χ3n) is 2.51.